The van der Waals surface area contributed by atoms with Crippen molar-refractivity contribution in [1.29, 1.82) is 0 Å². The van der Waals surface area contributed by atoms with Gasteiger partial charge in [0.25, 0.3) is 10.0 Å². The van der Waals surface area contributed by atoms with Gasteiger partial charge in [-0.3, -0.25) is 0 Å². The van der Waals surface area contributed by atoms with Gasteiger partial charge in [0.15, 0.2) is 0 Å². The molecule has 106 valence electrons. The first kappa shape index (κ1) is 14.4. The number of rotatable bonds is 5. The molecule has 0 unspecified atom stereocenters. The van der Waals surface area contributed by atoms with E-state index < -0.39 is 21.5 Å². The number of hydrogen-bond donors (Lipinski definition) is 3. The number of aromatic carboxylic acids is 1. The Balaban J connectivity index is 2.24. The fraction of sp³-hybridized carbons (Fsp3) is 0.545. The van der Waals surface area contributed by atoms with Crippen LogP contribution in [0.1, 0.15) is 35.4 Å². The van der Waals surface area contributed by atoms with E-state index in [-0.39, 0.29) is 15.7 Å². The lowest BCUT2D eigenvalue weighted by atomic mass is 10.0. The number of hydrogen-bond acceptors (Lipinski definition) is 5. The van der Waals surface area contributed by atoms with Crippen LogP contribution >= 0.6 is 11.3 Å². The standard InChI is InChI=1S/C11H15NO5S2/c13-7-11(5-1-2-6-11)12-19(16,17)9-4-3-8(18-9)10(14)15/h3-4,12-13H,1-2,5-7H2,(H,14,15). The van der Waals surface area contributed by atoms with E-state index in [4.69, 9.17) is 5.11 Å². The summed E-state index contributed by atoms with van der Waals surface area (Å²) in [6.45, 7) is -0.247. The molecule has 1 aromatic rings. The molecule has 8 heteroatoms. The summed E-state index contributed by atoms with van der Waals surface area (Å²) < 4.78 is 26.9. The van der Waals surface area contributed by atoms with E-state index in [9.17, 15) is 18.3 Å². The van der Waals surface area contributed by atoms with Crippen molar-refractivity contribution in [2.75, 3.05) is 6.61 Å². The van der Waals surface area contributed by atoms with Crippen LogP contribution in [0.2, 0.25) is 0 Å². The Morgan fingerprint density at radius 1 is 1.37 bits per heavy atom. The van der Waals surface area contributed by atoms with Crippen molar-refractivity contribution >= 4 is 27.3 Å². The Kier molecular flexibility index (Phi) is 3.95. The summed E-state index contributed by atoms with van der Waals surface area (Å²) in [5.41, 5.74) is -0.799. The summed E-state index contributed by atoms with van der Waals surface area (Å²) in [6.07, 6.45) is 2.93. The van der Waals surface area contributed by atoms with Crippen molar-refractivity contribution in [2.45, 2.75) is 35.4 Å². The lowest BCUT2D eigenvalue weighted by Crippen LogP contribution is -2.48. The molecule has 0 bridgehead atoms. The fourth-order valence-corrected chi connectivity index (χ4v) is 4.85. The van der Waals surface area contributed by atoms with Gasteiger partial charge in [-0.15, -0.1) is 11.3 Å². The zero-order chi connectivity index (χ0) is 14.1. The van der Waals surface area contributed by atoms with E-state index in [1.807, 2.05) is 0 Å². The maximum Gasteiger partial charge on any atom is 0.345 e. The van der Waals surface area contributed by atoms with Crippen LogP contribution in [0.25, 0.3) is 0 Å². The number of sulfonamides is 1. The van der Waals surface area contributed by atoms with Crippen LogP contribution < -0.4 is 4.72 Å². The van der Waals surface area contributed by atoms with Crippen LogP contribution in [0.15, 0.2) is 16.3 Å². The first-order chi connectivity index (χ1) is 8.88. The molecular formula is C11H15NO5S2. The monoisotopic (exact) mass is 305 g/mol. The van der Waals surface area contributed by atoms with E-state index in [0.717, 1.165) is 12.8 Å². The Hall–Kier alpha value is -0.960. The molecular weight excluding hydrogens is 290 g/mol. The normalized spacial score (nSPS) is 18.6. The van der Waals surface area contributed by atoms with E-state index >= 15 is 0 Å². The molecule has 6 nitrogen and oxygen atoms in total. The lowest BCUT2D eigenvalue weighted by Gasteiger charge is -2.27. The smallest absolute Gasteiger partial charge is 0.345 e. The number of carbonyl (C=O) groups is 1. The molecule has 3 N–H and O–H groups in total. The van der Waals surface area contributed by atoms with E-state index in [0.29, 0.717) is 24.2 Å². The van der Waals surface area contributed by atoms with Gasteiger partial charge in [-0.05, 0) is 25.0 Å². The molecule has 1 fully saturated rings. The Morgan fingerprint density at radius 2 is 2.00 bits per heavy atom. The van der Waals surface area contributed by atoms with Gasteiger partial charge in [0.2, 0.25) is 0 Å². The number of carboxylic acid groups (broad SMARTS) is 1. The number of aliphatic hydroxyl groups excluding tert-OH is 1. The minimum absolute atomic E-state index is 0.0233. The molecule has 0 radical (unpaired) electrons. The third kappa shape index (κ3) is 2.97. The zero-order valence-corrected chi connectivity index (χ0v) is 11.8. The largest absolute Gasteiger partial charge is 0.477 e. The highest BCUT2D eigenvalue weighted by Gasteiger charge is 2.38. The highest BCUT2D eigenvalue weighted by molar-refractivity contribution is 7.91. The number of aliphatic hydroxyl groups is 1. The molecule has 1 aromatic heterocycles. The van der Waals surface area contributed by atoms with Crippen molar-refractivity contribution in [3.63, 3.8) is 0 Å². The topological polar surface area (TPSA) is 104 Å². The summed E-state index contributed by atoms with van der Waals surface area (Å²) in [4.78, 5) is 10.7. The van der Waals surface area contributed by atoms with Crippen LogP contribution in [0, 0.1) is 0 Å². The molecule has 0 amide bonds. The molecule has 1 aliphatic carbocycles. The second-order valence-electron chi connectivity index (χ2n) is 4.67. The highest BCUT2D eigenvalue weighted by atomic mass is 32.2. The van der Waals surface area contributed by atoms with E-state index in [1.54, 1.807) is 0 Å². The Bertz CT molecular complexity index is 572. The van der Waals surface area contributed by atoms with Crippen LogP contribution in [0.4, 0.5) is 0 Å². The lowest BCUT2D eigenvalue weighted by molar-refractivity contribution is 0.0702. The molecule has 19 heavy (non-hydrogen) atoms. The summed E-state index contributed by atoms with van der Waals surface area (Å²) in [5.74, 6) is -1.15. The summed E-state index contributed by atoms with van der Waals surface area (Å²) in [7, 11) is -3.78. The Morgan fingerprint density at radius 3 is 2.47 bits per heavy atom. The average Bonchev–Trinajstić information content (AvgIpc) is 2.96. The van der Waals surface area contributed by atoms with E-state index in [1.165, 1.54) is 12.1 Å². The van der Waals surface area contributed by atoms with E-state index in [2.05, 4.69) is 4.72 Å². The minimum atomic E-state index is -3.78. The van der Waals surface area contributed by atoms with Gasteiger partial charge in [-0.1, -0.05) is 12.8 Å². The van der Waals surface area contributed by atoms with Crippen LogP contribution in [-0.2, 0) is 10.0 Å². The van der Waals surface area contributed by atoms with Gasteiger partial charge in [-0.2, -0.15) is 0 Å². The van der Waals surface area contributed by atoms with Crippen LogP contribution in [0.5, 0.6) is 0 Å². The maximum atomic E-state index is 12.2. The predicted octanol–water partition coefficient (Wildman–Crippen LogP) is 1.03. The quantitative estimate of drug-likeness (QED) is 0.754. The molecule has 0 spiro atoms. The predicted molar refractivity (Wildman–Crippen MR) is 69.9 cm³/mol. The first-order valence-corrected chi connectivity index (χ1v) is 8.16. The van der Waals surface area contributed by atoms with Crippen molar-refractivity contribution in [3.8, 4) is 0 Å². The van der Waals surface area contributed by atoms with Crippen LogP contribution in [-0.4, -0.2) is 36.7 Å². The average molecular weight is 305 g/mol. The van der Waals surface area contributed by atoms with Gasteiger partial charge < -0.3 is 10.2 Å². The number of thiophene rings is 1. The second-order valence-corrected chi connectivity index (χ2v) is 7.67. The van der Waals surface area contributed by atoms with Gasteiger partial charge in [0.05, 0.1) is 12.1 Å². The second kappa shape index (κ2) is 5.20. The summed E-state index contributed by atoms with van der Waals surface area (Å²) >= 11 is 0.709. The van der Waals surface area contributed by atoms with Crippen molar-refractivity contribution in [2.24, 2.45) is 0 Å². The molecule has 1 saturated carbocycles. The first-order valence-electron chi connectivity index (χ1n) is 5.87. The minimum Gasteiger partial charge on any atom is -0.477 e. The molecule has 0 aromatic carbocycles. The third-order valence-corrected chi connectivity index (χ3v) is 6.41. The SMILES string of the molecule is O=C(O)c1ccc(S(=O)(=O)NC2(CO)CCCC2)s1. The van der Waals surface area contributed by atoms with Gasteiger partial charge in [0, 0.05) is 0 Å². The van der Waals surface area contributed by atoms with Crippen molar-refractivity contribution < 1.29 is 23.4 Å². The molecule has 2 rings (SSSR count). The van der Waals surface area contributed by atoms with Crippen LogP contribution in [0.3, 0.4) is 0 Å². The summed E-state index contributed by atoms with van der Waals surface area (Å²) in [6, 6.07) is 2.54. The maximum absolute atomic E-state index is 12.2. The molecule has 1 heterocycles. The zero-order valence-electron chi connectivity index (χ0n) is 10.1. The fourth-order valence-electron chi connectivity index (χ4n) is 2.26. The highest BCUT2D eigenvalue weighted by Crippen LogP contribution is 2.32. The third-order valence-electron chi connectivity index (χ3n) is 3.27. The van der Waals surface area contributed by atoms with Gasteiger partial charge >= 0.3 is 5.97 Å². The van der Waals surface area contributed by atoms with Crippen molar-refractivity contribution in [1.82, 2.24) is 4.72 Å². The molecule has 0 aliphatic heterocycles. The van der Waals surface area contributed by atoms with Gasteiger partial charge in [0.1, 0.15) is 9.09 Å². The van der Waals surface area contributed by atoms with Gasteiger partial charge in [-0.25, -0.2) is 17.9 Å². The Labute approximate surface area is 115 Å². The number of nitrogens with one attached hydrogen (secondary N) is 1. The molecule has 0 saturated heterocycles. The number of carboxylic acids is 1. The molecule has 1 aliphatic rings. The summed E-state index contributed by atoms with van der Waals surface area (Å²) in [5, 5.41) is 18.2. The van der Waals surface area contributed by atoms with Crippen molar-refractivity contribution in [3.05, 3.63) is 17.0 Å². The molecule has 0 atom stereocenters.